The molecule has 1 unspecified atom stereocenters. The molecule has 7 heteroatoms. The topological polar surface area (TPSA) is 116 Å². The quantitative estimate of drug-likeness (QED) is 0.533. The van der Waals surface area contributed by atoms with E-state index in [4.69, 9.17) is 9.78 Å². The van der Waals surface area contributed by atoms with Gasteiger partial charge < -0.3 is 14.9 Å². The second kappa shape index (κ2) is 7.86. The Morgan fingerprint density at radius 2 is 1.71 bits per heavy atom. The summed E-state index contributed by atoms with van der Waals surface area (Å²) < 4.78 is 4.73. The average molecular weight is 411 g/mol. The van der Waals surface area contributed by atoms with Crippen LogP contribution in [0.15, 0.2) is 82.1 Å². The second-order valence-electron chi connectivity index (χ2n) is 7.04. The molecule has 3 aromatic carbocycles. The molecule has 152 valence electrons. The Balaban J connectivity index is 1.78. The first-order chi connectivity index (χ1) is 14.9. The van der Waals surface area contributed by atoms with E-state index in [9.17, 15) is 14.7 Å². The van der Waals surface area contributed by atoms with Gasteiger partial charge in [0.15, 0.2) is 5.60 Å². The Kier molecular flexibility index (Phi) is 5.07. The van der Waals surface area contributed by atoms with Crippen molar-refractivity contribution in [3.8, 4) is 6.07 Å². The molecular weight excluding hydrogens is 394 g/mol. The normalized spacial score (nSPS) is 12.7. The van der Waals surface area contributed by atoms with Crippen LogP contribution in [0.5, 0.6) is 0 Å². The van der Waals surface area contributed by atoms with Crippen LogP contribution >= 0.6 is 0 Å². The Hall–Kier alpha value is -4.28. The monoisotopic (exact) mass is 411 g/mol. The number of rotatable bonds is 4. The summed E-state index contributed by atoms with van der Waals surface area (Å²) >= 11 is 0. The largest absolute Gasteiger partial charge is 0.372 e. The summed E-state index contributed by atoms with van der Waals surface area (Å²) in [5.41, 5.74) is -0.599. The van der Waals surface area contributed by atoms with Crippen LogP contribution in [0.3, 0.4) is 0 Å². The van der Waals surface area contributed by atoms with Gasteiger partial charge in [-0.1, -0.05) is 47.6 Å². The van der Waals surface area contributed by atoms with Crippen LogP contribution in [0.2, 0.25) is 0 Å². The summed E-state index contributed by atoms with van der Waals surface area (Å²) in [4.78, 5) is 25.2. The van der Waals surface area contributed by atoms with E-state index in [2.05, 4.69) is 10.5 Å². The third kappa shape index (κ3) is 3.56. The number of aryl methyl sites for hydroxylation is 1. The number of carbonyl (C=O) groups is 1. The van der Waals surface area contributed by atoms with Gasteiger partial charge in [-0.15, -0.1) is 0 Å². The van der Waals surface area contributed by atoms with Gasteiger partial charge in [0, 0.05) is 11.1 Å². The highest BCUT2D eigenvalue weighted by molar-refractivity contribution is 6.01. The highest BCUT2D eigenvalue weighted by atomic mass is 16.5. The van der Waals surface area contributed by atoms with E-state index >= 15 is 0 Å². The van der Waals surface area contributed by atoms with Crippen molar-refractivity contribution in [1.82, 2.24) is 5.16 Å². The molecule has 1 atom stereocenters. The third-order valence-corrected chi connectivity index (χ3v) is 5.10. The number of anilines is 1. The second-order valence-corrected chi connectivity index (χ2v) is 7.04. The molecule has 0 bridgehead atoms. The van der Waals surface area contributed by atoms with E-state index in [0.717, 1.165) is 0 Å². The van der Waals surface area contributed by atoms with Crippen molar-refractivity contribution in [2.24, 2.45) is 0 Å². The number of nitrogens with zero attached hydrogens (tertiary/aromatic N) is 2. The molecule has 0 saturated heterocycles. The number of hydrogen-bond donors (Lipinski definition) is 2. The first-order valence-electron chi connectivity index (χ1n) is 9.44. The summed E-state index contributed by atoms with van der Waals surface area (Å²) in [6, 6.07) is 21.4. The molecule has 0 saturated carbocycles. The van der Waals surface area contributed by atoms with Crippen LogP contribution in [0, 0.1) is 18.3 Å². The molecule has 31 heavy (non-hydrogen) atoms. The summed E-state index contributed by atoms with van der Waals surface area (Å²) in [5, 5.41) is 28.0. The fraction of sp³-hybridized carbons (Fsp3) is 0.0833. The molecule has 7 nitrogen and oxygen atoms in total. The number of benzene rings is 3. The Bertz CT molecular complexity index is 1370. The van der Waals surface area contributed by atoms with Gasteiger partial charge in [-0.25, -0.2) is 4.79 Å². The predicted molar refractivity (Wildman–Crippen MR) is 114 cm³/mol. The molecule has 0 aliphatic heterocycles. The van der Waals surface area contributed by atoms with Crippen molar-refractivity contribution in [2.45, 2.75) is 12.5 Å². The minimum atomic E-state index is -2.01. The lowest BCUT2D eigenvalue weighted by atomic mass is 9.85. The highest BCUT2D eigenvalue weighted by Gasteiger charge is 2.40. The van der Waals surface area contributed by atoms with Crippen LogP contribution in [0.1, 0.15) is 22.4 Å². The minimum Gasteiger partial charge on any atom is -0.372 e. The summed E-state index contributed by atoms with van der Waals surface area (Å²) in [7, 11) is 0. The first kappa shape index (κ1) is 20.0. The predicted octanol–water partition coefficient (Wildman–Crippen LogP) is 3.24. The Morgan fingerprint density at radius 1 is 1.03 bits per heavy atom. The number of carbonyl (C=O) groups excluding carboxylic acids is 1. The van der Waals surface area contributed by atoms with E-state index in [1.54, 1.807) is 73.7 Å². The minimum absolute atomic E-state index is 0.314. The van der Waals surface area contributed by atoms with Crippen molar-refractivity contribution in [3.05, 3.63) is 106 Å². The van der Waals surface area contributed by atoms with Crippen molar-refractivity contribution in [2.75, 3.05) is 5.32 Å². The number of hydrogen-bond acceptors (Lipinski definition) is 6. The highest BCUT2D eigenvalue weighted by Crippen LogP contribution is 2.32. The third-order valence-electron chi connectivity index (χ3n) is 5.10. The van der Waals surface area contributed by atoms with Gasteiger partial charge in [0.1, 0.15) is 0 Å². The summed E-state index contributed by atoms with van der Waals surface area (Å²) in [5.74, 6) is -0.684. The van der Waals surface area contributed by atoms with E-state index < -0.39 is 17.1 Å². The van der Waals surface area contributed by atoms with Gasteiger partial charge in [0.2, 0.25) is 0 Å². The maximum absolute atomic E-state index is 13.4. The van der Waals surface area contributed by atoms with Crippen LogP contribution in [0.25, 0.3) is 10.8 Å². The van der Waals surface area contributed by atoms with E-state index in [1.807, 2.05) is 6.07 Å². The summed E-state index contributed by atoms with van der Waals surface area (Å²) in [6.45, 7) is 1.69. The number of nitrogens with one attached hydrogen (secondary N) is 1. The zero-order valence-corrected chi connectivity index (χ0v) is 16.5. The molecule has 1 aromatic heterocycles. The molecule has 0 spiro atoms. The van der Waals surface area contributed by atoms with Crippen LogP contribution < -0.4 is 10.9 Å². The van der Waals surface area contributed by atoms with Gasteiger partial charge in [-0.2, -0.15) is 5.26 Å². The zero-order chi connectivity index (χ0) is 22.0. The molecular formula is C24H17N3O4. The van der Waals surface area contributed by atoms with Gasteiger partial charge >= 0.3 is 5.63 Å². The van der Waals surface area contributed by atoms with E-state index in [0.29, 0.717) is 38.8 Å². The number of nitriles is 1. The average Bonchev–Trinajstić information content (AvgIpc) is 2.81. The Labute approximate surface area is 177 Å². The molecule has 0 radical (unpaired) electrons. The molecule has 1 heterocycles. The SMILES string of the molecule is Cc1noc(=O)c2ccc(NC(=O)C(O)(c3ccccc3)c3ccc(C#N)cc3)cc12. The molecule has 4 rings (SSSR count). The van der Waals surface area contributed by atoms with Crippen molar-refractivity contribution in [1.29, 1.82) is 5.26 Å². The van der Waals surface area contributed by atoms with Crippen molar-refractivity contribution >= 4 is 22.4 Å². The lowest BCUT2D eigenvalue weighted by Crippen LogP contribution is -2.41. The zero-order valence-electron chi connectivity index (χ0n) is 16.5. The van der Waals surface area contributed by atoms with Gasteiger partial charge in [0.05, 0.1) is 22.7 Å². The maximum atomic E-state index is 13.4. The van der Waals surface area contributed by atoms with Gasteiger partial charge in [-0.05, 0) is 48.4 Å². The lowest BCUT2D eigenvalue weighted by molar-refractivity contribution is -0.131. The van der Waals surface area contributed by atoms with Crippen LogP contribution in [-0.4, -0.2) is 16.2 Å². The molecule has 0 aliphatic rings. The fourth-order valence-electron chi connectivity index (χ4n) is 3.42. The van der Waals surface area contributed by atoms with Crippen molar-refractivity contribution in [3.63, 3.8) is 0 Å². The van der Waals surface area contributed by atoms with Gasteiger partial charge in [0.25, 0.3) is 5.91 Å². The molecule has 4 aromatic rings. The molecule has 2 N–H and O–H groups in total. The number of aromatic nitrogens is 1. The van der Waals surface area contributed by atoms with Gasteiger partial charge in [-0.3, -0.25) is 4.79 Å². The molecule has 0 fully saturated rings. The first-order valence-corrected chi connectivity index (χ1v) is 9.44. The lowest BCUT2D eigenvalue weighted by Gasteiger charge is -2.28. The summed E-state index contributed by atoms with van der Waals surface area (Å²) in [6.07, 6.45) is 0. The van der Waals surface area contributed by atoms with E-state index in [-0.39, 0.29) is 0 Å². The standard InChI is InChI=1S/C24H17N3O4/c1-15-21-13-19(11-12-20(21)22(28)31-27-15)26-23(29)24(30,17-5-3-2-4-6-17)18-9-7-16(14-25)8-10-18/h2-13,30H,1H3,(H,26,29). The number of fused-ring (bicyclic) bond motifs is 1. The Morgan fingerprint density at radius 3 is 2.39 bits per heavy atom. The number of aliphatic hydroxyl groups is 1. The van der Waals surface area contributed by atoms with Crippen LogP contribution in [0.4, 0.5) is 5.69 Å². The smallest absolute Gasteiger partial charge is 0.366 e. The number of amides is 1. The van der Waals surface area contributed by atoms with Crippen molar-refractivity contribution < 1.29 is 14.4 Å². The molecule has 1 amide bonds. The maximum Gasteiger partial charge on any atom is 0.366 e. The van der Waals surface area contributed by atoms with Crippen LogP contribution in [-0.2, 0) is 10.4 Å². The molecule has 0 aliphatic carbocycles. The fourth-order valence-corrected chi connectivity index (χ4v) is 3.42. The van der Waals surface area contributed by atoms with E-state index in [1.165, 1.54) is 6.07 Å².